The van der Waals surface area contributed by atoms with Crippen molar-refractivity contribution in [2.45, 2.75) is 12.8 Å². The molecule has 1 heterocycles. The predicted octanol–water partition coefficient (Wildman–Crippen LogP) is 0.905. The molecule has 0 aliphatic heterocycles. The van der Waals surface area contributed by atoms with Gasteiger partial charge in [-0.05, 0) is 12.5 Å². The van der Waals surface area contributed by atoms with Crippen molar-refractivity contribution in [1.29, 1.82) is 0 Å². The summed E-state index contributed by atoms with van der Waals surface area (Å²) in [6, 6.07) is 0. The lowest BCUT2D eigenvalue weighted by Gasteiger charge is -2.08. The molecule has 0 amide bonds. The molecule has 1 aromatic heterocycles. The second kappa shape index (κ2) is 2.79. The molecule has 4 nitrogen and oxygen atoms in total. The van der Waals surface area contributed by atoms with Crippen LogP contribution in [0.2, 0.25) is 0 Å². The maximum absolute atomic E-state index is 12.9. The molecular weight excluding hydrogens is 182 g/mol. The minimum absolute atomic E-state index is 0.162. The van der Waals surface area contributed by atoms with E-state index in [0.29, 0.717) is 0 Å². The topological polar surface area (TPSA) is 55.1 Å². The number of carboxylic acid groups (broad SMARTS) is 1. The Kier molecular flexibility index (Phi) is 2.07. The molecule has 6 heteroatoms. The van der Waals surface area contributed by atoms with Crippen LogP contribution in [-0.2, 0) is 17.8 Å². The van der Waals surface area contributed by atoms with Gasteiger partial charge >= 0.3 is 11.9 Å². The van der Waals surface area contributed by atoms with E-state index in [-0.39, 0.29) is 5.56 Å². The molecular formula is C7H8F2N2O2. The zero-order chi connectivity index (χ0) is 10.2. The summed E-state index contributed by atoms with van der Waals surface area (Å²) in [4.78, 5) is 10.2. The minimum atomic E-state index is -3.91. The molecule has 0 aromatic carbocycles. The zero-order valence-electron chi connectivity index (χ0n) is 7.08. The first kappa shape index (κ1) is 9.63. The smallest absolute Gasteiger partial charge is 0.386 e. The molecule has 0 unspecified atom stereocenters. The maximum Gasteiger partial charge on any atom is 0.386 e. The van der Waals surface area contributed by atoms with E-state index in [4.69, 9.17) is 5.11 Å². The van der Waals surface area contributed by atoms with Gasteiger partial charge in [0, 0.05) is 13.2 Å². The highest BCUT2D eigenvalue weighted by atomic mass is 19.3. The summed E-state index contributed by atoms with van der Waals surface area (Å²) in [5.74, 6) is -6.10. The van der Waals surface area contributed by atoms with Gasteiger partial charge in [-0.25, -0.2) is 4.79 Å². The average molecular weight is 190 g/mol. The fourth-order valence-corrected chi connectivity index (χ4v) is 1.02. The van der Waals surface area contributed by atoms with Crippen LogP contribution in [0.15, 0.2) is 6.20 Å². The third-order valence-electron chi connectivity index (χ3n) is 1.58. The Morgan fingerprint density at radius 2 is 2.23 bits per heavy atom. The molecule has 0 radical (unpaired) electrons. The lowest BCUT2D eigenvalue weighted by Crippen LogP contribution is -2.26. The van der Waals surface area contributed by atoms with E-state index in [0.717, 1.165) is 4.68 Å². The van der Waals surface area contributed by atoms with Crippen molar-refractivity contribution in [2.24, 2.45) is 7.05 Å². The van der Waals surface area contributed by atoms with Crippen LogP contribution in [0.1, 0.15) is 11.3 Å². The van der Waals surface area contributed by atoms with Crippen molar-refractivity contribution in [1.82, 2.24) is 9.78 Å². The van der Waals surface area contributed by atoms with Gasteiger partial charge in [-0.15, -0.1) is 0 Å². The molecule has 0 saturated carbocycles. The van der Waals surface area contributed by atoms with Crippen molar-refractivity contribution in [3.63, 3.8) is 0 Å². The maximum atomic E-state index is 12.9. The Labute approximate surface area is 72.8 Å². The average Bonchev–Trinajstić information content (AvgIpc) is 2.30. The Bertz CT molecular complexity index is 346. The number of nitrogens with zero attached hydrogens (tertiary/aromatic N) is 2. The summed E-state index contributed by atoms with van der Waals surface area (Å²) in [7, 11) is 1.45. The van der Waals surface area contributed by atoms with Crippen LogP contribution in [0.25, 0.3) is 0 Å². The number of aromatic nitrogens is 2. The Morgan fingerprint density at radius 3 is 2.54 bits per heavy atom. The molecule has 0 aliphatic carbocycles. The highest BCUT2D eigenvalue weighted by Crippen LogP contribution is 2.28. The second-order valence-corrected chi connectivity index (χ2v) is 2.71. The molecule has 1 N–H and O–H groups in total. The SMILES string of the molecule is Cc1cn(C)nc1C(F)(F)C(=O)O. The first-order chi connectivity index (χ1) is 5.85. The van der Waals surface area contributed by atoms with Crippen molar-refractivity contribution in [2.75, 3.05) is 0 Å². The van der Waals surface area contributed by atoms with E-state index >= 15 is 0 Å². The molecule has 1 aromatic rings. The summed E-state index contributed by atoms with van der Waals surface area (Å²) in [6.07, 6.45) is 1.34. The number of hydrogen-bond acceptors (Lipinski definition) is 2. The number of rotatable bonds is 2. The predicted molar refractivity (Wildman–Crippen MR) is 39.5 cm³/mol. The highest BCUT2D eigenvalue weighted by Gasteiger charge is 2.44. The molecule has 0 atom stereocenters. The minimum Gasteiger partial charge on any atom is -0.476 e. The van der Waals surface area contributed by atoms with Crippen molar-refractivity contribution in [3.8, 4) is 0 Å². The molecule has 0 aliphatic rings. The van der Waals surface area contributed by atoms with Crippen LogP contribution in [0, 0.1) is 6.92 Å². The largest absolute Gasteiger partial charge is 0.476 e. The van der Waals surface area contributed by atoms with Gasteiger partial charge in [0.25, 0.3) is 0 Å². The Morgan fingerprint density at radius 1 is 1.69 bits per heavy atom. The van der Waals surface area contributed by atoms with Gasteiger partial charge in [0.15, 0.2) is 0 Å². The number of alkyl halides is 2. The number of aliphatic carboxylic acids is 1. The van der Waals surface area contributed by atoms with E-state index in [9.17, 15) is 13.6 Å². The van der Waals surface area contributed by atoms with Gasteiger partial charge in [-0.1, -0.05) is 0 Å². The molecule has 0 spiro atoms. The number of carbonyl (C=O) groups is 1. The fraction of sp³-hybridized carbons (Fsp3) is 0.429. The summed E-state index contributed by atoms with van der Waals surface area (Å²) in [5.41, 5.74) is -0.544. The van der Waals surface area contributed by atoms with Crippen molar-refractivity contribution in [3.05, 3.63) is 17.5 Å². The van der Waals surface area contributed by atoms with Crippen LogP contribution >= 0.6 is 0 Å². The van der Waals surface area contributed by atoms with Gasteiger partial charge < -0.3 is 5.11 Å². The van der Waals surface area contributed by atoms with E-state index in [1.165, 1.54) is 20.2 Å². The molecule has 1 rings (SSSR count). The van der Waals surface area contributed by atoms with Gasteiger partial charge in [-0.3, -0.25) is 4.68 Å². The lowest BCUT2D eigenvalue weighted by atomic mass is 10.2. The van der Waals surface area contributed by atoms with Crippen molar-refractivity contribution >= 4 is 5.97 Å². The number of aryl methyl sites for hydroxylation is 2. The molecule has 0 saturated heterocycles. The molecule has 72 valence electrons. The summed E-state index contributed by atoms with van der Waals surface area (Å²) in [6.45, 7) is 1.39. The second-order valence-electron chi connectivity index (χ2n) is 2.71. The van der Waals surface area contributed by atoms with Gasteiger partial charge in [0.2, 0.25) is 0 Å². The van der Waals surface area contributed by atoms with E-state index in [1.54, 1.807) is 0 Å². The normalized spacial score (nSPS) is 11.7. The van der Waals surface area contributed by atoms with E-state index in [1.807, 2.05) is 0 Å². The van der Waals surface area contributed by atoms with Crippen LogP contribution in [0.5, 0.6) is 0 Å². The first-order valence-electron chi connectivity index (χ1n) is 3.47. The Hall–Kier alpha value is -1.46. The van der Waals surface area contributed by atoms with Gasteiger partial charge in [0.05, 0.1) is 0 Å². The van der Waals surface area contributed by atoms with Crippen LogP contribution in [0.4, 0.5) is 8.78 Å². The van der Waals surface area contributed by atoms with Gasteiger partial charge in [0.1, 0.15) is 5.69 Å². The number of halogens is 2. The van der Waals surface area contributed by atoms with Crippen LogP contribution in [-0.4, -0.2) is 20.9 Å². The van der Waals surface area contributed by atoms with E-state index < -0.39 is 17.6 Å². The zero-order valence-corrected chi connectivity index (χ0v) is 7.08. The summed E-state index contributed by atoms with van der Waals surface area (Å²) >= 11 is 0. The number of hydrogen-bond donors (Lipinski definition) is 1. The van der Waals surface area contributed by atoms with Crippen LogP contribution < -0.4 is 0 Å². The van der Waals surface area contributed by atoms with E-state index in [2.05, 4.69) is 5.10 Å². The standard InChI is InChI=1S/C7H8F2N2O2/c1-4-3-11(2)10-5(4)7(8,9)6(12)13/h3H,1-2H3,(H,12,13). The Balaban J connectivity index is 3.21. The molecule has 0 fully saturated rings. The van der Waals surface area contributed by atoms with Crippen LogP contribution in [0.3, 0.4) is 0 Å². The third-order valence-corrected chi connectivity index (χ3v) is 1.58. The summed E-state index contributed by atoms with van der Waals surface area (Å²) < 4.78 is 26.9. The summed E-state index contributed by atoms with van der Waals surface area (Å²) in [5, 5.41) is 11.6. The van der Waals surface area contributed by atoms with Crippen molar-refractivity contribution < 1.29 is 18.7 Å². The lowest BCUT2D eigenvalue weighted by molar-refractivity contribution is -0.167. The highest BCUT2D eigenvalue weighted by molar-refractivity contribution is 5.77. The number of carboxylic acids is 1. The quantitative estimate of drug-likeness (QED) is 0.753. The fourth-order valence-electron chi connectivity index (χ4n) is 1.02. The third kappa shape index (κ3) is 1.51. The monoisotopic (exact) mass is 190 g/mol. The molecule has 0 bridgehead atoms. The van der Waals surface area contributed by atoms with Gasteiger partial charge in [-0.2, -0.15) is 13.9 Å². The first-order valence-corrected chi connectivity index (χ1v) is 3.47. The molecule has 13 heavy (non-hydrogen) atoms.